The molecule has 6 heteroatoms. The molecular weight excluding hydrogens is 270 g/mol. The molecule has 2 rings (SSSR count). The summed E-state index contributed by atoms with van der Waals surface area (Å²) in [5, 5.41) is 9.54. The Bertz CT molecular complexity index is 571. The predicted octanol–water partition coefficient (Wildman–Crippen LogP) is 2.05. The van der Waals surface area contributed by atoms with Crippen LogP contribution in [-0.2, 0) is 0 Å². The highest BCUT2D eigenvalue weighted by Crippen LogP contribution is 2.33. The maximum Gasteiger partial charge on any atom is 0.347 e. The number of thiophene rings is 1. The number of H-pyrrole nitrogens is 1. The number of fused-ring (bicyclic) bond motifs is 1. The Morgan fingerprint density at radius 1 is 1.50 bits per heavy atom. The van der Waals surface area contributed by atoms with Crippen molar-refractivity contribution in [3.05, 3.63) is 31.8 Å². The molecule has 0 aromatic carbocycles. The van der Waals surface area contributed by atoms with Gasteiger partial charge in [-0.25, -0.2) is 4.79 Å². The Labute approximate surface area is 90.3 Å². The second-order valence-corrected chi connectivity index (χ2v) is 4.43. The number of carboxylic acid groups (broad SMARTS) is 1. The molecular formula is C8H4BrNO3S. The summed E-state index contributed by atoms with van der Waals surface area (Å²) in [5.41, 5.74) is -0.233. The summed E-state index contributed by atoms with van der Waals surface area (Å²) in [4.78, 5) is 25.1. The minimum Gasteiger partial charge on any atom is -0.477 e. The molecule has 0 bridgehead atoms. The molecule has 2 N–H and O–H groups in total. The Balaban J connectivity index is 2.86. The van der Waals surface area contributed by atoms with Gasteiger partial charge in [0.15, 0.2) is 0 Å². The largest absolute Gasteiger partial charge is 0.477 e. The van der Waals surface area contributed by atoms with E-state index >= 15 is 0 Å². The highest BCUT2D eigenvalue weighted by Gasteiger charge is 2.15. The number of hydrogen-bond acceptors (Lipinski definition) is 3. The van der Waals surface area contributed by atoms with Gasteiger partial charge in [0.25, 0.3) is 0 Å². The number of nitrogens with one attached hydrogen (secondary N) is 1. The SMILES string of the molecule is O=C(O)c1sc2[nH]c(=O)ccc2c1Br. The highest BCUT2D eigenvalue weighted by molar-refractivity contribution is 9.10. The summed E-state index contributed by atoms with van der Waals surface area (Å²) in [6, 6.07) is 2.96. The summed E-state index contributed by atoms with van der Waals surface area (Å²) in [7, 11) is 0. The van der Waals surface area contributed by atoms with Gasteiger partial charge in [0, 0.05) is 11.5 Å². The standard InChI is InChI=1S/C8H4BrNO3S/c9-5-3-1-2-4(11)10-7(3)14-6(5)8(12)13/h1-2H,(H,10,11)(H,12,13). The van der Waals surface area contributed by atoms with E-state index in [9.17, 15) is 9.59 Å². The molecule has 0 spiro atoms. The Kier molecular flexibility index (Phi) is 2.16. The van der Waals surface area contributed by atoms with Crippen LogP contribution < -0.4 is 5.56 Å². The topological polar surface area (TPSA) is 70.2 Å². The number of rotatable bonds is 1. The Morgan fingerprint density at radius 3 is 2.86 bits per heavy atom. The van der Waals surface area contributed by atoms with E-state index in [4.69, 9.17) is 5.11 Å². The van der Waals surface area contributed by atoms with Crippen molar-refractivity contribution >= 4 is 43.5 Å². The zero-order chi connectivity index (χ0) is 10.3. The number of aromatic amines is 1. The second-order valence-electron chi connectivity index (χ2n) is 2.62. The maximum absolute atomic E-state index is 11.0. The first-order valence-electron chi connectivity index (χ1n) is 3.64. The molecule has 2 aromatic rings. The normalized spacial score (nSPS) is 10.6. The smallest absolute Gasteiger partial charge is 0.347 e. The molecule has 0 saturated carbocycles. The number of aromatic carboxylic acids is 1. The van der Waals surface area contributed by atoms with Crippen molar-refractivity contribution in [2.24, 2.45) is 0 Å². The zero-order valence-electron chi connectivity index (χ0n) is 6.70. The van der Waals surface area contributed by atoms with Crippen LogP contribution in [0.25, 0.3) is 10.2 Å². The lowest BCUT2D eigenvalue weighted by molar-refractivity contribution is 0.0701. The van der Waals surface area contributed by atoms with Crippen molar-refractivity contribution in [3.63, 3.8) is 0 Å². The van der Waals surface area contributed by atoms with Gasteiger partial charge < -0.3 is 10.1 Å². The minimum absolute atomic E-state index is 0.196. The second kappa shape index (κ2) is 3.21. The van der Waals surface area contributed by atoms with E-state index in [1.807, 2.05) is 0 Å². The Hall–Kier alpha value is -1.14. The zero-order valence-corrected chi connectivity index (χ0v) is 9.11. The lowest BCUT2D eigenvalue weighted by Gasteiger charge is -1.88. The average Bonchev–Trinajstić information content (AvgIpc) is 2.43. The van der Waals surface area contributed by atoms with Crippen molar-refractivity contribution in [2.75, 3.05) is 0 Å². The molecule has 2 aromatic heterocycles. The van der Waals surface area contributed by atoms with Gasteiger partial charge in [-0.1, -0.05) is 0 Å². The molecule has 0 amide bonds. The van der Waals surface area contributed by atoms with E-state index in [1.165, 1.54) is 6.07 Å². The van der Waals surface area contributed by atoms with Crippen molar-refractivity contribution in [2.45, 2.75) is 0 Å². The van der Waals surface area contributed by atoms with E-state index in [0.717, 1.165) is 11.3 Å². The summed E-state index contributed by atoms with van der Waals surface area (Å²) in [5.74, 6) is -1.00. The first kappa shape index (κ1) is 9.42. The van der Waals surface area contributed by atoms with E-state index in [0.29, 0.717) is 14.7 Å². The number of halogens is 1. The Morgan fingerprint density at radius 2 is 2.21 bits per heavy atom. The van der Waals surface area contributed by atoms with Crippen LogP contribution in [-0.4, -0.2) is 16.1 Å². The fraction of sp³-hybridized carbons (Fsp3) is 0. The highest BCUT2D eigenvalue weighted by atomic mass is 79.9. The molecule has 0 atom stereocenters. The van der Waals surface area contributed by atoms with Crippen molar-refractivity contribution in [1.82, 2.24) is 4.98 Å². The van der Waals surface area contributed by atoms with Gasteiger partial charge in [0.2, 0.25) is 5.56 Å². The van der Waals surface area contributed by atoms with Gasteiger partial charge in [-0.15, -0.1) is 11.3 Å². The van der Waals surface area contributed by atoms with Crippen molar-refractivity contribution in [1.29, 1.82) is 0 Å². The van der Waals surface area contributed by atoms with E-state index in [-0.39, 0.29) is 10.4 Å². The summed E-state index contributed by atoms with van der Waals surface area (Å²) in [6.45, 7) is 0. The van der Waals surface area contributed by atoms with E-state index in [1.54, 1.807) is 6.07 Å². The molecule has 0 saturated heterocycles. The molecule has 0 aliphatic heterocycles. The molecule has 4 nitrogen and oxygen atoms in total. The van der Waals surface area contributed by atoms with Gasteiger partial charge in [-0.3, -0.25) is 4.79 Å². The minimum atomic E-state index is -1.00. The summed E-state index contributed by atoms with van der Waals surface area (Å²) < 4.78 is 0.515. The van der Waals surface area contributed by atoms with Gasteiger partial charge in [-0.2, -0.15) is 0 Å². The van der Waals surface area contributed by atoms with Crippen molar-refractivity contribution in [3.8, 4) is 0 Å². The van der Waals surface area contributed by atoms with Crippen LogP contribution in [0.3, 0.4) is 0 Å². The van der Waals surface area contributed by atoms with Crippen LogP contribution in [0.2, 0.25) is 0 Å². The van der Waals surface area contributed by atoms with Crippen LogP contribution in [0, 0.1) is 0 Å². The first-order chi connectivity index (χ1) is 6.59. The quantitative estimate of drug-likeness (QED) is 0.836. The van der Waals surface area contributed by atoms with Gasteiger partial charge in [0.05, 0.1) is 4.47 Å². The number of carbonyl (C=O) groups is 1. The van der Waals surface area contributed by atoms with Crippen LogP contribution in [0.4, 0.5) is 0 Å². The van der Waals surface area contributed by atoms with Gasteiger partial charge >= 0.3 is 5.97 Å². The predicted molar refractivity (Wildman–Crippen MR) is 57.1 cm³/mol. The molecule has 0 aliphatic rings. The number of carboxylic acids is 1. The molecule has 2 heterocycles. The molecule has 72 valence electrons. The summed E-state index contributed by atoms with van der Waals surface area (Å²) in [6.07, 6.45) is 0. The molecule has 14 heavy (non-hydrogen) atoms. The average molecular weight is 274 g/mol. The maximum atomic E-state index is 11.0. The fourth-order valence-corrected chi connectivity index (χ4v) is 2.91. The van der Waals surface area contributed by atoms with Crippen LogP contribution in [0.5, 0.6) is 0 Å². The van der Waals surface area contributed by atoms with Gasteiger partial charge in [-0.05, 0) is 22.0 Å². The number of aromatic nitrogens is 1. The molecule has 0 radical (unpaired) electrons. The van der Waals surface area contributed by atoms with E-state index in [2.05, 4.69) is 20.9 Å². The van der Waals surface area contributed by atoms with Crippen LogP contribution in [0.1, 0.15) is 9.67 Å². The van der Waals surface area contributed by atoms with E-state index < -0.39 is 5.97 Å². The molecule has 0 fully saturated rings. The first-order valence-corrected chi connectivity index (χ1v) is 5.25. The lowest BCUT2D eigenvalue weighted by atomic mass is 10.3. The van der Waals surface area contributed by atoms with Crippen LogP contribution >= 0.6 is 27.3 Å². The number of hydrogen-bond donors (Lipinski definition) is 2. The lowest BCUT2D eigenvalue weighted by Crippen LogP contribution is -2.00. The molecule has 0 unspecified atom stereocenters. The third-order valence-electron chi connectivity index (χ3n) is 1.72. The summed E-state index contributed by atoms with van der Waals surface area (Å²) >= 11 is 4.23. The van der Waals surface area contributed by atoms with Crippen molar-refractivity contribution < 1.29 is 9.90 Å². The fourth-order valence-electron chi connectivity index (χ4n) is 1.12. The van der Waals surface area contributed by atoms with Gasteiger partial charge in [0.1, 0.15) is 9.71 Å². The van der Waals surface area contributed by atoms with Crippen LogP contribution in [0.15, 0.2) is 21.4 Å². The monoisotopic (exact) mass is 273 g/mol. The number of pyridine rings is 1. The third kappa shape index (κ3) is 1.36. The third-order valence-corrected chi connectivity index (χ3v) is 3.91. The molecule has 0 aliphatic carbocycles.